The number of nitrogens with zero attached hydrogens (tertiary/aromatic N) is 2. The van der Waals surface area contributed by atoms with E-state index >= 15 is 0 Å². The zero-order chi connectivity index (χ0) is 17.3. The third kappa shape index (κ3) is 3.47. The molecule has 3 aromatic rings. The normalized spacial score (nSPS) is 11.6. The van der Waals surface area contributed by atoms with E-state index in [1.54, 1.807) is 30.3 Å². The highest BCUT2D eigenvalue weighted by atomic mass is 35.5. The van der Waals surface area contributed by atoms with Crippen LogP contribution in [0.2, 0.25) is 5.15 Å². The van der Waals surface area contributed by atoms with Gasteiger partial charge in [0.2, 0.25) is 0 Å². The van der Waals surface area contributed by atoms with Crippen LogP contribution in [0, 0.1) is 5.82 Å². The van der Waals surface area contributed by atoms with Crippen LogP contribution in [0.25, 0.3) is 10.9 Å². The van der Waals surface area contributed by atoms with Crippen molar-refractivity contribution in [3.05, 3.63) is 59.1 Å². The Morgan fingerprint density at radius 2 is 2.04 bits per heavy atom. The number of benzene rings is 1. The predicted octanol–water partition coefficient (Wildman–Crippen LogP) is 3.44. The molecule has 0 unspecified atom stereocenters. The zero-order valence-corrected chi connectivity index (χ0v) is 14.2. The van der Waals surface area contributed by atoms with E-state index in [2.05, 4.69) is 15.3 Å². The van der Waals surface area contributed by atoms with Crippen LogP contribution >= 0.6 is 11.6 Å². The van der Waals surface area contributed by atoms with Crippen LogP contribution in [0.1, 0.15) is 5.56 Å². The van der Waals surface area contributed by atoms with Gasteiger partial charge in [0.1, 0.15) is 0 Å². The summed E-state index contributed by atoms with van der Waals surface area (Å²) in [4.78, 5) is 7.91. The first kappa shape index (κ1) is 16.6. The van der Waals surface area contributed by atoms with Crippen molar-refractivity contribution >= 4 is 38.0 Å². The summed E-state index contributed by atoms with van der Waals surface area (Å²) < 4.78 is 36.9. The molecule has 0 bridgehead atoms. The molecule has 2 heterocycles. The Morgan fingerprint density at radius 1 is 1.25 bits per heavy atom. The summed E-state index contributed by atoms with van der Waals surface area (Å²) in [6.07, 6.45) is 2.54. The van der Waals surface area contributed by atoms with Gasteiger partial charge in [0.05, 0.1) is 11.2 Å². The maximum atomic E-state index is 13.4. The van der Waals surface area contributed by atoms with Gasteiger partial charge in [0.25, 0.3) is 0 Å². The average Bonchev–Trinajstić information content (AvgIpc) is 2.53. The van der Waals surface area contributed by atoms with Crippen molar-refractivity contribution in [1.29, 1.82) is 0 Å². The number of rotatable bonds is 4. The summed E-state index contributed by atoms with van der Waals surface area (Å²) in [6.45, 7) is 0.362. The van der Waals surface area contributed by atoms with Crippen LogP contribution in [0.3, 0.4) is 0 Å². The van der Waals surface area contributed by atoms with E-state index in [1.807, 2.05) is 0 Å². The molecule has 1 N–H and O–H groups in total. The van der Waals surface area contributed by atoms with Gasteiger partial charge in [-0.1, -0.05) is 23.7 Å². The van der Waals surface area contributed by atoms with Gasteiger partial charge >= 0.3 is 0 Å². The summed E-state index contributed by atoms with van der Waals surface area (Å²) >= 11 is 5.71. The Morgan fingerprint density at radius 3 is 2.79 bits per heavy atom. The van der Waals surface area contributed by atoms with E-state index < -0.39 is 15.7 Å². The summed E-state index contributed by atoms with van der Waals surface area (Å²) in [6, 6.07) is 9.94. The lowest BCUT2D eigenvalue weighted by atomic mass is 10.1. The van der Waals surface area contributed by atoms with E-state index in [9.17, 15) is 12.8 Å². The zero-order valence-electron chi connectivity index (χ0n) is 12.6. The average molecular weight is 366 g/mol. The number of pyridine rings is 2. The SMILES string of the molecule is CS(=O)(=O)c1ncccc1NCc1ccc2cc(F)c(Cl)nc2c1. The molecule has 0 spiro atoms. The topological polar surface area (TPSA) is 72.0 Å². The van der Waals surface area contributed by atoms with Crippen molar-refractivity contribution in [2.24, 2.45) is 0 Å². The van der Waals surface area contributed by atoms with Crippen molar-refractivity contribution in [2.75, 3.05) is 11.6 Å². The van der Waals surface area contributed by atoms with Crippen LogP contribution in [0.15, 0.2) is 47.6 Å². The smallest absolute Gasteiger partial charge is 0.194 e. The second-order valence-corrected chi connectivity index (χ2v) is 7.56. The Labute approximate surface area is 143 Å². The number of fused-ring (bicyclic) bond motifs is 1. The summed E-state index contributed by atoms with van der Waals surface area (Å²) in [5, 5.41) is 3.50. The number of hydrogen-bond donors (Lipinski definition) is 1. The van der Waals surface area contributed by atoms with E-state index in [4.69, 9.17) is 11.6 Å². The lowest BCUT2D eigenvalue weighted by Crippen LogP contribution is -2.08. The van der Waals surface area contributed by atoms with Gasteiger partial charge in [-0.15, -0.1) is 0 Å². The van der Waals surface area contributed by atoms with Gasteiger partial charge < -0.3 is 5.32 Å². The van der Waals surface area contributed by atoms with Crippen LogP contribution in [0.5, 0.6) is 0 Å². The standard InChI is InChI=1S/C16H13ClFN3O2S/c1-24(22,23)16-13(3-2-6-19-16)20-9-10-4-5-11-8-12(18)15(17)21-14(11)7-10/h2-8,20H,9H2,1H3. The summed E-state index contributed by atoms with van der Waals surface area (Å²) in [5.41, 5.74) is 1.83. The van der Waals surface area contributed by atoms with E-state index in [-0.39, 0.29) is 10.2 Å². The second-order valence-electron chi connectivity index (χ2n) is 5.27. The molecular formula is C16H13ClFN3O2S. The van der Waals surface area contributed by atoms with E-state index in [0.717, 1.165) is 11.8 Å². The fourth-order valence-electron chi connectivity index (χ4n) is 2.29. The molecule has 0 atom stereocenters. The van der Waals surface area contributed by atoms with Crippen molar-refractivity contribution in [2.45, 2.75) is 11.6 Å². The van der Waals surface area contributed by atoms with Gasteiger partial charge in [-0.3, -0.25) is 0 Å². The molecule has 0 aliphatic carbocycles. The van der Waals surface area contributed by atoms with Crippen molar-refractivity contribution in [1.82, 2.24) is 9.97 Å². The number of sulfone groups is 1. The van der Waals surface area contributed by atoms with Gasteiger partial charge in [-0.2, -0.15) is 0 Å². The fraction of sp³-hybridized carbons (Fsp3) is 0.125. The molecule has 24 heavy (non-hydrogen) atoms. The quantitative estimate of drug-likeness (QED) is 0.717. The van der Waals surface area contributed by atoms with Gasteiger partial charge in [-0.25, -0.2) is 22.8 Å². The number of aromatic nitrogens is 2. The van der Waals surface area contributed by atoms with Crippen molar-refractivity contribution in [3.8, 4) is 0 Å². The Hall–Kier alpha value is -2.25. The minimum Gasteiger partial charge on any atom is -0.379 e. The molecule has 124 valence electrons. The monoisotopic (exact) mass is 365 g/mol. The Kier molecular flexibility index (Phi) is 4.38. The minimum absolute atomic E-state index is 0.00553. The van der Waals surface area contributed by atoms with E-state index in [1.165, 1.54) is 12.3 Å². The molecule has 2 aromatic heterocycles. The van der Waals surface area contributed by atoms with E-state index in [0.29, 0.717) is 23.1 Å². The number of nitrogens with one attached hydrogen (secondary N) is 1. The highest BCUT2D eigenvalue weighted by molar-refractivity contribution is 7.90. The molecule has 1 aromatic carbocycles. The largest absolute Gasteiger partial charge is 0.379 e. The Balaban J connectivity index is 1.88. The molecule has 0 aliphatic rings. The van der Waals surface area contributed by atoms with Crippen LogP contribution in [-0.2, 0) is 16.4 Å². The van der Waals surface area contributed by atoms with Crippen LogP contribution < -0.4 is 5.32 Å². The number of anilines is 1. The molecule has 3 rings (SSSR count). The highest BCUT2D eigenvalue weighted by Crippen LogP contribution is 2.22. The third-order valence-corrected chi connectivity index (χ3v) is 4.69. The fourth-order valence-corrected chi connectivity index (χ4v) is 3.23. The maximum absolute atomic E-state index is 13.4. The first-order chi connectivity index (χ1) is 11.3. The molecule has 8 heteroatoms. The van der Waals surface area contributed by atoms with Gasteiger partial charge in [0, 0.05) is 24.4 Å². The Bertz CT molecular complexity index is 1030. The predicted molar refractivity (Wildman–Crippen MR) is 91.4 cm³/mol. The second kappa shape index (κ2) is 6.33. The number of halogens is 2. The molecule has 0 saturated heterocycles. The lowest BCUT2D eigenvalue weighted by molar-refractivity contribution is 0.598. The molecular weight excluding hydrogens is 353 g/mol. The lowest BCUT2D eigenvalue weighted by Gasteiger charge is -2.10. The summed E-state index contributed by atoms with van der Waals surface area (Å²) in [7, 11) is -3.43. The van der Waals surface area contributed by atoms with Gasteiger partial charge in [-0.05, 0) is 29.8 Å². The summed E-state index contributed by atoms with van der Waals surface area (Å²) in [5.74, 6) is -0.566. The minimum atomic E-state index is -3.43. The van der Waals surface area contributed by atoms with Gasteiger partial charge in [0.15, 0.2) is 25.8 Å². The third-order valence-electron chi connectivity index (χ3n) is 3.40. The molecule has 0 saturated carbocycles. The first-order valence-corrected chi connectivity index (χ1v) is 9.25. The molecule has 5 nitrogen and oxygen atoms in total. The maximum Gasteiger partial charge on any atom is 0.194 e. The molecule has 0 amide bonds. The van der Waals surface area contributed by atoms with Crippen molar-refractivity contribution < 1.29 is 12.8 Å². The first-order valence-electron chi connectivity index (χ1n) is 6.98. The molecule has 0 radical (unpaired) electrons. The number of hydrogen-bond acceptors (Lipinski definition) is 5. The van der Waals surface area contributed by atoms with Crippen LogP contribution in [-0.4, -0.2) is 24.6 Å². The van der Waals surface area contributed by atoms with Crippen molar-refractivity contribution in [3.63, 3.8) is 0 Å². The molecule has 0 aliphatic heterocycles. The van der Waals surface area contributed by atoms with Crippen LogP contribution in [0.4, 0.5) is 10.1 Å². The highest BCUT2D eigenvalue weighted by Gasteiger charge is 2.14. The molecule has 0 fully saturated rings.